The Hall–Kier alpha value is -0.740. The summed E-state index contributed by atoms with van der Waals surface area (Å²) in [5, 5.41) is 10.4. The van der Waals surface area contributed by atoms with Crippen molar-refractivity contribution in [3.63, 3.8) is 0 Å². The summed E-state index contributed by atoms with van der Waals surface area (Å²) in [6, 6.07) is 10.7. The molecule has 2 aromatic carbocycles. The number of ether oxygens (including phenoxy) is 1. The molecule has 0 radical (unpaired) electrons. The molecule has 0 unspecified atom stereocenters. The van der Waals surface area contributed by atoms with Crippen LogP contribution in [0.25, 0.3) is 0 Å². The summed E-state index contributed by atoms with van der Waals surface area (Å²) in [5.41, 5.74) is 1.57. The lowest BCUT2D eigenvalue weighted by Crippen LogP contribution is -1.99. The van der Waals surface area contributed by atoms with Gasteiger partial charge in [0.1, 0.15) is 12.4 Å². The van der Waals surface area contributed by atoms with Crippen LogP contribution in [0.1, 0.15) is 11.1 Å². The van der Waals surface area contributed by atoms with E-state index in [2.05, 4.69) is 15.9 Å². The van der Waals surface area contributed by atoms with Crippen LogP contribution in [-0.2, 0) is 13.2 Å². The molecule has 0 spiro atoms. The molecule has 0 aliphatic rings. The van der Waals surface area contributed by atoms with Crippen LogP contribution in [0.2, 0.25) is 10.0 Å². The van der Waals surface area contributed by atoms with Crippen LogP contribution in [0.3, 0.4) is 0 Å². The third-order valence-corrected chi connectivity index (χ3v) is 3.67. The van der Waals surface area contributed by atoms with Gasteiger partial charge in [0.2, 0.25) is 0 Å². The second kappa shape index (κ2) is 6.62. The first-order valence-corrected chi connectivity index (χ1v) is 7.11. The topological polar surface area (TPSA) is 29.5 Å². The van der Waals surface area contributed by atoms with Crippen LogP contribution in [0, 0.1) is 0 Å². The van der Waals surface area contributed by atoms with E-state index < -0.39 is 0 Å². The van der Waals surface area contributed by atoms with Crippen LogP contribution in [0.15, 0.2) is 40.9 Å². The fraction of sp³-hybridized carbons (Fsp3) is 0.143. The maximum Gasteiger partial charge on any atom is 0.125 e. The fourth-order valence-corrected chi connectivity index (χ4v) is 2.48. The van der Waals surface area contributed by atoms with Crippen LogP contribution in [0.4, 0.5) is 0 Å². The average molecular weight is 362 g/mol. The zero-order valence-electron chi connectivity index (χ0n) is 9.87. The molecule has 1 N–H and O–H groups in total. The van der Waals surface area contributed by atoms with Gasteiger partial charge in [0, 0.05) is 25.6 Å². The van der Waals surface area contributed by atoms with Gasteiger partial charge in [-0.05, 0) is 30.3 Å². The molecule has 0 fully saturated rings. The molecular weight excluding hydrogens is 351 g/mol. The van der Waals surface area contributed by atoms with E-state index in [1.165, 1.54) is 0 Å². The first-order chi connectivity index (χ1) is 9.10. The van der Waals surface area contributed by atoms with E-state index in [9.17, 15) is 5.11 Å². The highest BCUT2D eigenvalue weighted by Gasteiger charge is 2.06. The Labute approximate surface area is 130 Å². The smallest absolute Gasteiger partial charge is 0.125 e. The Morgan fingerprint density at radius 1 is 1.05 bits per heavy atom. The standard InChI is InChI=1S/C14H11BrCl2O2/c15-11-2-4-14(10(5-11)7-18)19-8-9-1-3-12(16)6-13(9)17/h1-6,18H,7-8H2. The number of aliphatic hydroxyl groups excluding tert-OH is 1. The molecule has 0 atom stereocenters. The normalized spacial score (nSPS) is 10.5. The molecule has 100 valence electrons. The van der Waals surface area contributed by atoms with Crippen molar-refractivity contribution in [1.82, 2.24) is 0 Å². The van der Waals surface area contributed by atoms with E-state index in [0.717, 1.165) is 15.6 Å². The largest absolute Gasteiger partial charge is 0.488 e. The van der Waals surface area contributed by atoms with E-state index in [1.54, 1.807) is 18.2 Å². The second-order valence-electron chi connectivity index (χ2n) is 3.93. The summed E-state index contributed by atoms with van der Waals surface area (Å²) < 4.78 is 6.58. The fourth-order valence-electron chi connectivity index (χ4n) is 1.61. The van der Waals surface area contributed by atoms with Gasteiger partial charge in [-0.3, -0.25) is 0 Å². The van der Waals surface area contributed by atoms with Crippen molar-refractivity contribution >= 4 is 39.1 Å². The summed E-state index contributed by atoms with van der Waals surface area (Å²) in [6.07, 6.45) is 0. The molecule has 2 rings (SSSR count). The van der Waals surface area contributed by atoms with Crippen molar-refractivity contribution in [3.8, 4) is 5.75 Å². The molecular formula is C14H11BrCl2O2. The number of aliphatic hydroxyl groups is 1. The average Bonchev–Trinajstić information content (AvgIpc) is 2.39. The predicted molar refractivity (Wildman–Crippen MR) is 80.9 cm³/mol. The minimum Gasteiger partial charge on any atom is -0.488 e. The monoisotopic (exact) mass is 360 g/mol. The van der Waals surface area contributed by atoms with Gasteiger partial charge in [-0.2, -0.15) is 0 Å². The number of hydrogen-bond acceptors (Lipinski definition) is 2. The van der Waals surface area contributed by atoms with Gasteiger partial charge in [-0.25, -0.2) is 0 Å². The Morgan fingerprint density at radius 3 is 2.53 bits per heavy atom. The van der Waals surface area contributed by atoms with Crippen molar-refractivity contribution in [2.45, 2.75) is 13.2 Å². The highest BCUT2D eigenvalue weighted by Crippen LogP contribution is 2.26. The second-order valence-corrected chi connectivity index (χ2v) is 5.69. The molecule has 19 heavy (non-hydrogen) atoms. The zero-order chi connectivity index (χ0) is 13.8. The van der Waals surface area contributed by atoms with Crippen LogP contribution in [-0.4, -0.2) is 5.11 Å². The van der Waals surface area contributed by atoms with E-state index in [-0.39, 0.29) is 6.61 Å². The quantitative estimate of drug-likeness (QED) is 0.845. The molecule has 2 nitrogen and oxygen atoms in total. The summed E-state index contributed by atoms with van der Waals surface area (Å²) in [4.78, 5) is 0. The Kier molecular flexibility index (Phi) is 5.11. The van der Waals surface area contributed by atoms with Crippen molar-refractivity contribution in [1.29, 1.82) is 0 Å². The highest BCUT2D eigenvalue weighted by atomic mass is 79.9. The summed E-state index contributed by atoms with van der Waals surface area (Å²) in [7, 11) is 0. The molecule has 0 aromatic heterocycles. The van der Waals surface area contributed by atoms with E-state index in [4.69, 9.17) is 27.9 Å². The SMILES string of the molecule is OCc1cc(Br)ccc1OCc1ccc(Cl)cc1Cl. The molecule has 0 bridgehead atoms. The van der Waals surface area contributed by atoms with Crippen molar-refractivity contribution in [2.75, 3.05) is 0 Å². The van der Waals surface area contributed by atoms with Gasteiger partial charge in [0.25, 0.3) is 0 Å². The van der Waals surface area contributed by atoms with E-state index in [1.807, 2.05) is 18.2 Å². The molecule has 0 aliphatic carbocycles. The van der Waals surface area contributed by atoms with Gasteiger partial charge in [-0.1, -0.05) is 45.2 Å². The van der Waals surface area contributed by atoms with Gasteiger partial charge < -0.3 is 9.84 Å². The van der Waals surface area contributed by atoms with E-state index in [0.29, 0.717) is 22.4 Å². The lowest BCUT2D eigenvalue weighted by Gasteiger charge is -2.11. The molecule has 0 amide bonds. The van der Waals surface area contributed by atoms with E-state index >= 15 is 0 Å². The molecule has 0 saturated carbocycles. The van der Waals surface area contributed by atoms with Gasteiger partial charge in [0.15, 0.2) is 0 Å². The van der Waals surface area contributed by atoms with Gasteiger partial charge >= 0.3 is 0 Å². The summed E-state index contributed by atoms with van der Waals surface area (Å²) in [6.45, 7) is 0.244. The maximum atomic E-state index is 9.29. The lowest BCUT2D eigenvalue weighted by atomic mass is 10.2. The number of hydrogen-bond donors (Lipinski definition) is 1. The molecule has 2 aromatic rings. The van der Waals surface area contributed by atoms with Crippen LogP contribution >= 0.6 is 39.1 Å². The third kappa shape index (κ3) is 3.86. The molecule has 0 saturated heterocycles. The third-order valence-electron chi connectivity index (χ3n) is 2.59. The van der Waals surface area contributed by atoms with Crippen LogP contribution < -0.4 is 4.74 Å². The Balaban J connectivity index is 2.14. The van der Waals surface area contributed by atoms with Gasteiger partial charge in [0.05, 0.1) is 6.61 Å². The minimum atomic E-state index is -0.0802. The lowest BCUT2D eigenvalue weighted by molar-refractivity contribution is 0.259. The van der Waals surface area contributed by atoms with Gasteiger partial charge in [-0.15, -0.1) is 0 Å². The van der Waals surface area contributed by atoms with Crippen molar-refractivity contribution in [2.24, 2.45) is 0 Å². The summed E-state index contributed by atoms with van der Waals surface area (Å²) in [5.74, 6) is 0.636. The number of halogens is 3. The predicted octanol–water partition coefficient (Wildman–Crippen LogP) is 4.83. The molecule has 0 heterocycles. The van der Waals surface area contributed by atoms with Crippen molar-refractivity contribution in [3.05, 3.63) is 62.0 Å². The first-order valence-electron chi connectivity index (χ1n) is 5.56. The molecule has 0 aliphatic heterocycles. The maximum absolute atomic E-state index is 9.29. The molecule has 5 heteroatoms. The first kappa shape index (κ1) is 14.7. The van der Waals surface area contributed by atoms with Crippen LogP contribution in [0.5, 0.6) is 5.75 Å². The minimum absolute atomic E-state index is 0.0802. The Bertz CT molecular complexity index is 588. The zero-order valence-corrected chi connectivity index (χ0v) is 13.0. The Morgan fingerprint density at radius 2 is 1.84 bits per heavy atom. The highest BCUT2D eigenvalue weighted by molar-refractivity contribution is 9.10. The number of rotatable bonds is 4. The number of benzene rings is 2. The summed E-state index contributed by atoms with van der Waals surface area (Å²) >= 11 is 15.3. The van der Waals surface area contributed by atoms with Crippen molar-refractivity contribution < 1.29 is 9.84 Å².